The Hall–Kier alpha value is -0.840. The van der Waals surface area contributed by atoms with Crippen molar-refractivity contribution >= 4 is 22.6 Å². The second-order valence-electron chi connectivity index (χ2n) is 3.30. The smallest absolute Gasteiger partial charge is 0.257 e. The van der Waals surface area contributed by atoms with Gasteiger partial charge in [0.2, 0.25) is 0 Å². The van der Waals surface area contributed by atoms with E-state index in [1.165, 1.54) is 11.1 Å². The molecule has 0 saturated heterocycles. The first-order valence-electron chi connectivity index (χ1n) is 4.35. The molecule has 0 aliphatic rings. The van der Waals surface area contributed by atoms with E-state index in [1.807, 2.05) is 0 Å². The summed E-state index contributed by atoms with van der Waals surface area (Å²) in [6, 6.07) is 6.32. The fraction of sp³-hybridized carbons (Fsp3) is 0.182. The first kappa shape index (κ1) is 9.71. The lowest BCUT2D eigenvalue weighted by atomic mass is 10.0. The summed E-state index contributed by atoms with van der Waals surface area (Å²) in [6.45, 7) is 4.17. The summed E-state index contributed by atoms with van der Waals surface area (Å²) in [7, 11) is 0. The average molecular weight is 299 g/mol. The zero-order valence-corrected chi connectivity index (χ0v) is 10.2. The third kappa shape index (κ3) is 1.82. The minimum absolute atomic E-state index is 0.678. The molecule has 0 amide bonds. The Bertz CT molecular complexity index is 462. The Morgan fingerprint density at radius 2 is 2.07 bits per heavy atom. The van der Waals surface area contributed by atoms with E-state index in [0.717, 1.165) is 11.3 Å². The van der Waals surface area contributed by atoms with Gasteiger partial charge in [-0.2, -0.15) is 0 Å². The maximum Gasteiger partial charge on any atom is 0.257 e. The number of halogens is 1. The van der Waals surface area contributed by atoms with Crippen molar-refractivity contribution in [3.8, 4) is 11.3 Å². The fourth-order valence-electron chi connectivity index (χ4n) is 1.48. The maximum atomic E-state index is 5.18. The molecular formula is C11H10INO. The summed E-state index contributed by atoms with van der Waals surface area (Å²) in [4.78, 5) is 4.29. The molecule has 0 fully saturated rings. The molecule has 0 spiro atoms. The highest BCUT2D eigenvalue weighted by Gasteiger charge is 2.06. The van der Waals surface area contributed by atoms with E-state index in [1.54, 1.807) is 6.26 Å². The Kier molecular flexibility index (Phi) is 2.58. The lowest BCUT2D eigenvalue weighted by Gasteiger charge is -2.02. The van der Waals surface area contributed by atoms with E-state index >= 15 is 0 Å². The van der Waals surface area contributed by atoms with Crippen LogP contribution in [0.5, 0.6) is 0 Å². The second kappa shape index (κ2) is 3.73. The molecule has 0 bridgehead atoms. The summed E-state index contributed by atoms with van der Waals surface area (Å²) < 4.78 is 5.86. The summed E-state index contributed by atoms with van der Waals surface area (Å²) in [6.07, 6.45) is 1.69. The molecule has 0 atom stereocenters. The Morgan fingerprint density at radius 1 is 1.29 bits per heavy atom. The van der Waals surface area contributed by atoms with Crippen LogP contribution in [0.15, 0.2) is 28.9 Å². The van der Waals surface area contributed by atoms with Crippen molar-refractivity contribution in [2.75, 3.05) is 0 Å². The van der Waals surface area contributed by atoms with Crippen molar-refractivity contribution in [1.82, 2.24) is 4.98 Å². The van der Waals surface area contributed by atoms with Crippen molar-refractivity contribution in [3.05, 3.63) is 39.5 Å². The van der Waals surface area contributed by atoms with Crippen LogP contribution in [-0.2, 0) is 0 Å². The largest absolute Gasteiger partial charge is 0.440 e. The molecule has 0 aliphatic heterocycles. The Labute approximate surface area is 96.5 Å². The number of hydrogen-bond donors (Lipinski definition) is 0. The minimum Gasteiger partial charge on any atom is -0.440 e. The molecule has 2 aromatic rings. The van der Waals surface area contributed by atoms with Crippen molar-refractivity contribution in [2.45, 2.75) is 13.8 Å². The summed E-state index contributed by atoms with van der Waals surface area (Å²) >= 11 is 2.07. The molecule has 0 saturated carbocycles. The fourth-order valence-corrected chi connectivity index (χ4v) is 1.86. The molecule has 0 N–H and O–H groups in total. The van der Waals surface area contributed by atoms with E-state index in [0.29, 0.717) is 3.90 Å². The predicted molar refractivity (Wildman–Crippen MR) is 64.1 cm³/mol. The third-order valence-electron chi connectivity index (χ3n) is 2.13. The van der Waals surface area contributed by atoms with E-state index in [4.69, 9.17) is 4.42 Å². The molecule has 72 valence electrons. The topological polar surface area (TPSA) is 26.0 Å². The molecule has 2 rings (SSSR count). The van der Waals surface area contributed by atoms with Crippen molar-refractivity contribution in [1.29, 1.82) is 0 Å². The molecule has 1 aromatic carbocycles. The number of oxazole rings is 1. The van der Waals surface area contributed by atoms with Gasteiger partial charge in [-0.3, -0.25) is 0 Å². The van der Waals surface area contributed by atoms with Crippen LogP contribution in [0, 0.1) is 17.7 Å². The first-order chi connectivity index (χ1) is 6.66. The lowest BCUT2D eigenvalue weighted by Crippen LogP contribution is -1.84. The monoisotopic (exact) mass is 299 g/mol. The molecule has 1 aromatic heterocycles. The first-order valence-corrected chi connectivity index (χ1v) is 5.43. The number of aryl methyl sites for hydroxylation is 2. The van der Waals surface area contributed by atoms with Crippen molar-refractivity contribution in [2.24, 2.45) is 0 Å². The van der Waals surface area contributed by atoms with Crippen LogP contribution in [0.1, 0.15) is 11.1 Å². The van der Waals surface area contributed by atoms with E-state index in [-0.39, 0.29) is 0 Å². The van der Waals surface area contributed by atoms with Crippen LogP contribution in [-0.4, -0.2) is 4.98 Å². The van der Waals surface area contributed by atoms with Gasteiger partial charge in [-0.25, -0.2) is 4.98 Å². The second-order valence-corrected chi connectivity index (χ2v) is 4.23. The van der Waals surface area contributed by atoms with Crippen molar-refractivity contribution < 1.29 is 4.42 Å². The molecule has 0 radical (unpaired) electrons. The van der Waals surface area contributed by atoms with Gasteiger partial charge in [-0.15, -0.1) is 0 Å². The van der Waals surface area contributed by atoms with Crippen LogP contribution >= 0.6 is 22.6 Å². The number of nitrogens with zero attached hydrogens (tertiary/aromatic N) is 1. The van der Waals surface area contributed by atoms with Gasteiger partial charge in [0.15, 0.2) is 0 Å². The molecule has 1 heterocycles. The number of hydrogen-bond acceptors (Lipinski definition) is 2. The van der Waals surface area contributed by atoms with Crippen LogP contribution in [0.25, 0.3) is 11.3 Å². The van der Waals surface area contributed by atoms with E-state index in [2.05, 4.69) is 59.6 Å². The van der Waals surface area contributed by atoms with Crippen LogP contribution in [0.4, 0.5) is 0 Å². The van der Waals surface area contributed by atoms with Gasteiger partial charge < -0.3 is 4.42 Å². The summed E-state index contributed by atoms with van der Waals surface area (Å²) in [5.74, 6) is 0. The van der Waals surface area contributed by atoms with Crippen LogP contribution in [0.2, 0.25) is 0 Å². The zero-order valence-electron chi connectivity index (χ0n) is 8.04. The van der Waals surface area contributed by atoms with Gasteiger partial charge in [0.25, 0.3) is 3.90 Å². The number of benzene rings is 1. The van der Waals surface area contributed by atoms with Crippen LogP contribution in [0.3, 0.4) is 0 Å². The highest BCUT2D eigenvalue weighted by Crippen LogP contribution is 2.23. The Morgan fingerprint density at radius 3 is 2.64 bits per heavy atom. The van der Waals surface area contributed by atoms with Gasteiger partial charge in [-0.05, 0) is 19.4 Å². The molecule has 3 heteroatoms. The lowest BCUT2D eigenvalue weighted by molar-refractivity contribution is 0.525. The SMILES string of the molecule is Cc1ccc(-c2coc(I)n2)c(C)c1. The van der Waals surface area contributed by atoms with Gasteiger partial charge in [0.05, 0.1) is 0 Å². The normalized spacial score (nSPS) is 10.5. The molecule has 0 unspecified atom stereocenters. The standard InChI is InChI=1S/C11H10INO/c1-7-3-4-9(8(2)5-7)10-6-14-11(12)13-10/h3-6H,1-2H3. The van der Waals surface area contributed by atoms with Crippen LogP contribution < -0.4 is 0 Å². The predicted octanol–water partition coefficient (Wildman–Crippen LogP) is 3.56. The minimum atomic E-state index is 0.678. The van der Waals surface area contributed by atoms with Gasteiger partial charge in [-0.1, -0.05) is 23.8 Å². The molecule has 0 aliphatic carbocycles. The highest BCUT2D eigenvalue weighted by molar-refractivity contribution is 14.1. The number of rotatable bonds is 1. The number of aromatic nitrogens is 1. The molecule has 14 heavy (non-hydrogen) atoms. The third-order valence-corrected chi connectivity index (χ3v) is 2.63. The summed E-state index contributed by atoms with van der Waals surface area (Å²) in [5, 5.41) is 0. The maximum absolute atomic E-state index is 5.18. The average Bonchev–Trinajstić information content (AvgIpc) is 2.51. The molecular weight excluding hydrogens is 289 g/mol. The van der Waals surface area contributed by atoms with Gasteiger partial charge in [0, 0.05) is 28.2 Å². The summed E-state index contributed by atoms with van der Waals surface area (Å²) in [5.41, 5.74) is 4.55. The van der Waals surface area contributed by atoms with E-state index in [9.17, 15) is 0 Å². The molecule has 2 nitrogen and oxygen atoms in total. The van der Waals surface area contributed by atoms with Gasteiger partial charge in [0.1, 0.15) is 12.0 Å². The van der Waals surface area contributed by atoms with Gasteiger partial charge >= 0.3 is 0 Å². The van der Waals surface area contributed by atoms with E-state index < -0.39 is 0 Å². The van der Waals surface area contributed by atoms with Crippen molar-refractivity contribution in [3.63, 3.8) is 0 Å². The quantitative estimate of drug-likeness (QED) is 0.752. The highest BCUT2D eigenvalue weighted by atomic mass is 127. The Balaban J connectivity index is 2.52. The zero-order chi connectivity index (χ0) is 10.1.